The van der Waals surface area contributed by atoms with Gasteiger partial charge in [0.05, 0.1) is 33.8 Å². The first-order valence-corrected chi connectivity index (χ1v) is 10.5. The molecule has 1 saturated heterocycles. The third-order valence-electron chi connectivity index (χ3n) is 4.84. The number of esters is 1. The fourth-order valence-electron chi connectivity index (χ4n) is 3.14. The number of hydrogen-bond acceptors (Lipinski definition) is 4. The van der Waals surface area contributed by atoms with Crippen LogP contribution in [0, 0.1) is 5.92 Å². The molecule has 1 atom stereocenters. The fourth-order valence-corrected chi connectivity index (χ4v) is 3.54. The molecule has 2 aromatic rings. The molecule has 1 heterocycles. The lowest BCUT2D eigenvalue weighted by Gasteiger charge is -2.18. The Morgan fingerprint density at radius 3 is 2.60 bits per heavy atom. The molecule has 0 saturated carbocycles. The van der Waals surface area contributed by atoms with E-state index in [4.69, 9.17) is 27.9 Å². The SMILES string of the molecule is CCCCOC(=O)c1ccc(NC(=O)[C@@H]2CC(=O)N(c3cccc(Cl)c3Cl)C2)cc1. The molecule has 30 heavy (non-hydrogen) atoms. The molecular weight excluding hydrogens is 427 g/mol. The smallest absolute Gasteiger partial charge is 0.338 e. The lowest BCUT2D eigenvalue weighted by atomic mass is 10.1. The van der Waals surface area contributed by atoms with Crippen molar-refractivity contribution in [3.05, 3.63) is 58.1 Å². The molecule has 0 aromatic heterocycles. The summed E-state index contributed by atoms with van der Waals surface area (Å²) in [5, 5.41) is 3.43. The van der Waals surface area contributed by atoms with Gasteiger partial charge in [-0.25, -0.2) is 4.79 Å². The highest BCUT2D eigenvalue weighted by molar-refractivity contribution is 6.44. The monoisotopic (exact) mass is 448 g/mol. The average Bonchev–Trinajstić information content (AvgIpc) is 3.12. The minimum atomic E-state index is -0.522. The first-order valence-electron chi connectivity index (χ1n) is 9.73. The van der Waals surface area contributed by atoms with Crippen LogP contribution < -0.4 is 10.2 Å². The molecule has 0 radical (unpaired) electrons. The standard InChI is InChI=1S/C22H22Cl2N2O4/c1-2-3-11-30-22(29)14-7-9-16(10-8-14)25-21(28)15-12-19(27)26(13-15)18-6-4-5-17(23)20(18)24/h4-10,15H,2-3,11-13H2,1H3,(H,25,28)/t15-/m1/s1. The molecule has 0 bridgehead atoms. The van der Waals surface area contributed by atoms with Gasteiger partial charge in [-0.05, 0) is 42.8 Å². The highest BCUT2D eigenvalue weighted by atomic mass is 35.5. The van der Waals surface area contributed by atoms with Crippen LogP contribution in [0.5, 0.6) is 0 Å². The number of carbonyl (C=O) groups is 3. The zero-order valence-corrected chi connectivity index (χ0v) is 18.0. The van der Waals surface area contributed by atoms with E-state index in [0.29, 0.717) is 28.6 Å². The third kappa shape index (κ3) is 5.12. The lowest BCUT2D eigenvalue weighted by Crippen LogP contribution is -2.28. The summed E-state index contributed by atoms with van der Waals surface area (Å²) in [5.74, 6) is -1.38. The van der Waals surface area contributed by atoms with Crippen molar-refractivity contribution in [1.82, 2.24) is 0 Å². The second-order valence-corrected chi connectivity index (χ2v) is 7.82. The molecule has 2 aromatic carbocycles. The van der Waals surface area contributed by atoms with Gasteiger partial charge in [-0.3, -0.25) is 9.59 Å². The zero-order valence-electron chi connectivity index (χ0n) is 16.5. The first-order chi connectivity index (χ1) is 14.4. The van der Waals surface area contributed by atoms with E-state index in [2.05, 4.69) is 5.32 Å². The number of carbonyl (C=O) groups excluding carboxylic acids is 3. The second kappa shape index (κ2) is 9.96. The van der Waals surface area contributed by atoms with Gasteiger partial charge < -0.3 is 15.0 Å². The van der Waals surface area contributed by atoms with Gasteiger partial charge in [-0.15, -0.1) is 0 Å². The van der Waals surface area contributed by atoms with E-state index in [0.717, 1.165) is 12.8 Å². The number of benzene rings is 2. The molecule has 6 nitrogen and oxygen atoms in total. The Morgan fingerprint density at radius 2 is 1.90 bits per heavy atom. The molecule has 0 aliphatic carbocycles. The number of unbranched alkanes of at least 4 members (excludes halogenated alkanes) is 1. The van der Waals surface area contributed by atoms with E-state index in [1.165, 1.54) is 4.90 Å². The highest BCUT2D eigenvalue weighted by Gasteiger charge is 2.36. The Labute approximate surface area is 185 Å². The number of anilines is 2. The van der Waals surface area contributed by atoms with Gasteiger partial charge in [-0.1, -0.05) is 42.6 Å². The summed E-state index contributed by atoms with van der Waals surface area (Å²) in [6.45, 7) is 2.62. The van der Waals surface area contributed by atoms with Crippen molar-refractivity contribution in [2.24, 2.45) is 5.92 Å². The second-order valence-electron chi connectivity index (χ2n) is 7.03. The number of hydrogen-bond donors (Lipinski definition) is 1. The molecule has 0 unspecified atom stereocenters. The normalized spacial score (nSPS) is 15.9. The Hall–Kier alpha value is -2.57. The van der Waals surface area contributed by atoms with E-state index in [1.54, 1.807) is 42.5 Å². The largest absolute Gasteiger partial charge is 0.462 e. The van der Waals surface area contributed by atoms with Crippen molar-refractivity contribution in [1.29, 1.82) is 0 Å². The maximum atomic E-state index is 12.6. The van der Waals surface area contributed by atoms with Gasteiger partial charge in [0.25, 0.3) is 0 Å². The van der Waals surface area contributed by atoms with Crippen LogP contribution in [0.25, 0.3) is 0 Å². The Morgan fingerprint density at radius 1 is 1.17 bits per heavy atom. The van der Waals surface area contributed by atoms with Crippen LogP contribution in [-0.4, -0.2) is 30.9 Å². The van der Waals surface area contributed by atoms with Crippen LogP contribution in [0.1, 0.15) is 36.5 Å². The zero-order chi connectivity index (χ0) is 21.7. The summed E-state index contributed by atoms with van der Waals surface area (Å²) in [5.41, 5.74) is 1.45. The van der Waals surface area contributed by atoms with Crippen LogP contribution in [0.4, 0.5) is 11.4 Å². The minimum absolute atomic E-state index is 0.0799. The van der Waals surface area contributed by atoms with Crippen molar-refractivity contribution in [2.75, 3.05) is 23.4 Å². The number of nitrogens with one attached hydrogen (secondary N) is 1. The van der Waals surface area contributed by atoms with Crippen LogP contribution >= 0.6 is 23.2 Å². The molecule has 1 N–H and O–H groups in total. The van der Waals surface area contributed by atoms with E-state index >= 15 is 0 Å². The molecule has 0 spiro atoms. The van der Waals surface area contributed by atoms with Gasteiger partial charge in [0, 0.05) is 18.7 Å². The summed E-state index contributed by atoms with van der Waals surface area (Å²) in [6.07, 6.45) is 1.84. The summed E-state index contributed by atoms with van der Waals surface area (Å²) in [4.78, 5) is 38.5. The summed E-state index contributed by atoms with van der Waals surface area (Å²) in [6, 6.07) is 11.5. The summed E-state index contributed by atoms with van der Waals surface area (Å²) in [7, 11) is 0. The molecule has 2 amide bonds. The number of nitrogens with zero attached hydrogens (tertiary/aromatic N) is 1. The van der Waals surface area contributed by atoms with Crippen molar-refractivity contribution < 1.29 is 19.1 Å². The average molecular weight is 449 g/mol. The molecule has 1 fully saturated rings. The molecule has 3 rings (SSSR count). The number of rotatable bonds is 7. The van der Waals surface area contributed by atoms with Gasteiger partial charge in [-0.2, -0.15) is 0 Å². The summed E-state index contributed by atoms with van der Waals surface area (Å²) >= 11 is 12.2. The van der Waals surface area contributed by atoms with Crippen LogP contribution in [0.2, 0.25) is 10.0 Å². The van der Waals surface area contributed by atoms with Gasteiger partial charge >= 0.3 is 5.97 Å². The van der Waals surface area contributed by atoms with Crippen LogP contribution in [0.15, 0.2) is 42.5 Å². The number of ether oxygens (including phenoxy) is 1. The lowest BCUT2D eigenvalue weighted by molar-refractivity contribution is -0.122. The minimum Gasteiger partial charge on any atom is -0.462 e. The number of halogens is 2. The molecule has 1 aliphatic rings. The van der Waals surface area contributed by atoms with E-state index in [9.17, 15) is 14.4 Å². The van der Waals surface area contributed by atoms with Crippen LogP contribution in [-0.2, 0) is 14.3 Å². The maximum Gasteiger partial charge on any atom is 0.338 e. The highest BCUT2D eigenvalue weighted by Crippen LogP contribution is 2.35. The maximum absolute atomic E-state index is 12.6. The third-order valence-corrected chi connectivity index (χ3v) is 5.65. The van der Waals surface area contributed by atoms with Crippen molar-refractivity contribution in [3.63, 3.8) is 0 Å². The summed E-state index contributed by atoms with van der Waals surface area (Å²) < 4.78 is 5.16. The van der Waals surface area contributed by atoms with Crippen molar-refractivity contribution >= 4 is 52.4 Å². The molecular formula is C22H22Cl2N2O4. The predicted octanol–water partition coefficient (Wildman–Crippen LogP) is 4.94. The topological polar surface area (TPSA) is 75.7 Å². The van der Waals surface area contributed by atoms with E-state index in [1.807, 2.05) is 6.92 Å². The Balaban J connectivity index is 1.60. The number of amides is 2. The van der Waals surface area contributed by atoms with Gasteiger partial charge in [0.2, 0.25) is 11.8 Å². The van der Waals surface area contributed by atoms with Gasteiger partial charge in [0.1, 0.15) is 0 Å². The Bertz CT molecular complexity index is 947. The first kappa shape index (κ1) is 22.1. The Kier molecular flexibility index (Phi) is 7.34. The quantitative estimate of drug-likeness (QED) is 0.480. The molecule has 158 valence electrons. The van der Waals surface area contributed by atoms with Crippen molar-refractivity contribution in [3.8, 4) is 0 Å². The fraction of sp³-hybridized carbons (Fsp3) is 0.318. The molecule has 1 aliphatic heterocycles. The van der Waals surface area contributed by atoms with Crippen molar-refractivity contribution in [2.45, 2.75) is 26.2 Å². The molecule has 8 heteroatoms. The van der Waals surface area contributed by atoms with E-state index < -0.39 is 11.9 Å². The van der Waals surface area contributed by atoms with Crippen LogP contribution in [0.3, 0.4) is 0 Å². The van der Waals surface area contributed by atoms with Gasteiger partial charge in [0.15, 0.2) is 0 Å². The van der Waals surface area contributed by atoms with E-state index in [-0.39, 0.29) is 29.8 Å². The predicted molar refractivity (Wildman–Crippen MR) is 117 cm³/mol.